The average molecular weight is 568 g/mol. The number of para-hydroxylation sites is 2. The maximum atomic E-state index is 13.1. The molecule has 0 saturated heterocycles. The highest BCUT2D eigenvalue weighted by Gasteiger charge is 2.22. The van der Waals surface area contributed by atoms with Gasteiger partial charge in [0.15, 0.2) is 11.6 Å². The third-order valence-corrected chi connectivity index (χ3v) is 6.89. The summed E-state index contributed by atoms with van der Waals surface area (Å²) in [7, 11) is 7.09. The van der Waals surface area contributed by atoms with Crippen molar-refractivity contribution in [3.05, 3.63) is 77.3 Å². The number of anilines is 4. The molecule has 12 heteroatoms. The fourth-order valence-corrected chi connectivity index (χ4v) is 4.51. The summed E-state index contributed by atoms with van der Waals surface area (Å²) in [4.78, 5) is 25.9. The Morgan fingerprint density at radius 1 is 1.00 bits per heavy atom. The molecule has 1 atom stereocenters. The molecule has 0 saturated carbocycles. The molecule has 1 N–H and O–H groups in total. The predicted octanol–water partition coefficient (Wildman–Crippen LogP) is 4.60. The summed E-state index contributed by atoms with van der Waals surface area (Å²) in [6.45, 7) is 1.20. The number of carbonyl (C=O) groups excluding carboxylic acids is 1. The number of halogens is 1. The Labute approximate surface area is 234 Å². The maximum absolute atomic E-state index is 13.1. The van der Waals surface area contributed by atoms with Gasteiger partial charge < -0.3 is 24.4 Å². The van der Waals surface area contributed by atoms with Gasteiger partial charge in [-0.25, -0.2) is 9.97 Å². The molecule has 4 rings (SSSR count). The Morgan fingerprint density at radius 3 is 2.38 bits per heavy atom. The minimum absolute atomic E-state index is 0.00600. The number of methoxy groups -OCH3 is 1. The molecular formula is C27H28ClN6O4S-. The topological polar surface area (TPSA) is 114 Å². The molecule has 0 bridgehead atoms. The first-order valence-electron chi connectivity index (χ1n) is 11.9. The number of nitrogens with zero attached hydrogens (tertiary/aromatic N) is 5. The molecule has 39 heavy (non-hydrogen) atoms. The van der Waals surface area contributed by atoms with Crippen LogP contribution in [0.15, 0.2) is 66.7 Å². The Bertz CT molecular complexity index is 1520. The summed E-state index contributed by atoms with van der Waals surface area (Å²) < 4.78 is 31.7. The van der Waals surface area contributed by atoms with Gasteiger partial charge in [0.25, 0.3) is 5.91 Å². The zero-order chi connectivity index (χ0) is 28.1. The number of benzene rings is 3. The van der Waals surface area contributed by atoms with Crippen LogP contribution in [0.3, 0.4) is 0 Å². The fraction of sp³-hybridized carbons (Fsp3) is 0.222. The number of fused-ring (bicyclic) bond motifs is 1. The van der Waals surface area contributed by atoms with Crippen LogP contribution in [-0.2, 0) is 11.3 Å². The monoisotopic (exact) mass is 567 g/mol. The van der Waals surface area contributed by atoms with Gasteiger partial charge in [-0.15, -0.1) is 0 Å². The molecule has 10 nitrogen and oxygen atoms in total. The normalized spacial score (nSPS) is 11.9. The molecule has 1 amide bonds. The third kappa shape index (κ3) is 6.63. The summed E-state index contributed by atoms with van der Waals surface area (Å²) in [5.74, 6) is 0.465. The molecule has 0 fully saturated rings. The van der Waals surface area contributed by atoms with Gasteiger partial charge in [-0.3, -0.25) is 13.3 Å². The van der Waals surface area contributed by atoms with E-state index in [-0.39, 0.29) is 23.2 Å². The van der Waals surface area contributed by atoms with E-state index < -0.39 is 11.3 Å². The molecule has 1 unspecified atom stereocenters. The highest BCUT2D eigenvalue weighted by molar-refractivity contribution is 7.81. The smallest absolute Gasteiger partial charge is 0.253 e. The molecule has 3 aromatic carbocycles. The third-order valence-electron chi connectivity index (χ3n) is 5.88. The molecule has 0 spiro atoms. The number of amides is 1. The molecule has 0 aliphatic carbocycles. The SMILES string of the molecule is COc1ccc(Cl)c(Nc2nc3ccccc3nc2N(c2cccc(C(=O)N(C)CCN(C)C)c2)S(=O)[O-])c1. The number of likely N-dealkylation sites (N-methyl/N-ethyl adjacent to an activating group) is 2. The number of nitrogens with one attached hydrogen (secondary N) is 1. The van der Waals surface area contributed by atoms with Gasteiger partial charge in [0.2, 0.25) is 0 Å². The Morgan fingerprint density at radius 2 is 1.72 bits per heavy atom. The lowest BCUT2D eigenvalue weighted by molar-refractivity contribution is 0.0786. The fourth-order valence-electron chi connectivity index (χ4n) is 3.79. The lowest BCUT2D eigenvalue weighted by atomic mass is 10.1. The van der Waals surface area contributed by atoms with Gasteiger partial charge in [-0.2, -0.15) is 0 Å². The second-order valence-electron chi connectivity index (χ2n) is 8.95. The van der Waals surface area contributed by atoms with Crippen molar-refractivity contribution in [3.63, 3.8) is 0 Å². The number of ether oxygens (including phenoxy) is 1. The summed E-state index contributed by atoms with van der Waals surface area (Å²) in [5, 5.41) is 3.49. The Hall–Kier alpha value is -3.77. The molecule has 0 radical (unpaired) electrons. The van der Waals surface area contributed by atoms with Crippen molar-refractivity contribution in [1.29, 1.82) is 0 Å². The summed E-state index contributed by atoms with van der Waals surface area (Å²) >= 11 is 3.60. The number of hydrogen-bond acceptors (Lipinski definition) is 8. The standard InChI is InChI=1S/C27H29ClN6O4S/c1-32(2)14-15-33(3)27(35)18-8-7-9-19(16-18)34(39(36)37)26-25(29-22-10-5-6-11-23(22)31-26)30-24-17-20(38-4)12-13-21(24)28/h5-13,16-17H,14-15H2,1-4H3,(H,29,30)(H,36,37)/p-1. The van der Waals surface area contributed by atoms with Crippen molar-refractivity contribution < 1.29 is 18.3 Å². The first kappa shape index (κ1) is 28.2. The number of rotatable bonds is 10. The predicted molar refractivity (Wildman–Crippen MR) is 154 cm³/mol. The molecular weight excluding hydrogens is 540 g/mol. The quantitative estimate of drug-likeness (QED) is 0.277. The molecule has 204 valence electrons. The van der Waals surface area contributed by atoms with Crippen LogP contribution in [-0.4, -0.2) is 75.8 Å². The van der Waals surface area contributed by atoms with E-state index in [1.54, 1.807) is 66.5 Å². The molecule has 0 aliphatic heterocycles. The van der Waals surface area contributed by atoms with E-state index in [0.29, 0.717) is 46.1 Å². The van der Waals surface area contributed by atoms with Crippen LogP contribution in [0, 0.1) is 0 Å². The summed E-state index contributed by atoms with van der Waals surface area (Å²) in [6.07, 6.45) is 0. The Balaban J connectivity index is 1.80. The van der Waals surface area contributed by atoms with Crippen LogP contribution < -0.4 is 14.4 Å². The van der Waals surface area contributed by atoms with Crippen LogP contribution in [0.2, 0.25) is 5.02 Å². The lowest BCUT2D eigenvalue weighted by Crippen LogP contribution is -2.33. The first-order chi connectivity index (χ1) is 18.7. The van der Waals surface area contributed by atoms with Crippen LogP contribution in [0.25, 0.3) is 11.0 Å². The second kappa shape index (κ2) is 12.4. The molecule has 0 aliphatic rings. The highest BCUT2D eigenvalue weighted by Crippen LogP contribution is 2.36. The minimum atomic E-state index is -2.82. The van der Waals surface area contributed by atoms with Crippen molar-refractivity contribution in [2.24, 2.45) is 0 Å². The van der Waals surface area contributed by atoms with E-state index in [4.69, 9.17) is 16.3 Å². The summed E-state index contributed by atoms with van der Waals surface area (Å²) in [5.41, 5.74) is 2.04. The second-order valence-corrected chi connectivity index (χ2v) is 10.2. The average Bonchev–Trinajstić information content (AvgIpc) is 2.92. The Kier molecular flexibility index (Phi) is 8.97. The number of carbonyl (C=O) groups is 1. The largest absolute Gasteiger partial charge is 0.755 e. The van der Waals surface area contributed by atoms with Crippen molar-refractivity contribution in [2.75, 3.05) is 51.0 Å². The lowest BCUT2D eigenvalue weighted by Gasteiger charge is -2.28. The number of aromatic nitrogens is 2. The summed E-state index contributed by atoms with van der Waals surface area (Å²) in [6, 6.07) is 18.5. The van der Waals surface area contributed by atoms with E-state index in [1.165, 1.54) is 13.2 Å². The molecule has 4 aromatic rings. The molecule has 1 heterocycles. The first-order valence-corrected chi connectivity index (χ1v) is 13.4. The van der Waals surface area contributed by atoms with Crippen LogP contribution >= 0.6 is 11.6 Å². The van der Waals surface area contributed by atoms with Crippen LogP contribution in [0.4, 0.5) is 23.0 Å². The highest BCUT2D eigenvalue weighted by atomic mass is 35.5. The van der Waals surface area contributed by atoms with E-state index >= 15 is 0 Å². The van der Waals surface area contributed by atoms with Crippen LogP contribution in [0.1, 0.15) is 10.4 Å². The van der Waals surface area contributed by atoms with E-state index in [0.717, 1.165) is 4.31 Å². The van der Waals surface area contributed by atoms with Gasteiger partial charge in [-0.05, 0) is 56.6 Å². The van der Waals surface area contributed by atoms with Crippen molar-refractivity contribution in [3.8, 4) is 5.75 Å². The van der Waals surface area contributed by atoms with Gasteiger partial charge in [0, 0.05) is 31.8 Å². The van der Waals surface area contributed by atoms with Crippen LogP contribution in [0.5, 0.6) is 5.75 Å². The molecule has 1 aromatic heterocycles. The van der Waals surface area contributed by atoms with Gasteiger partial charge >= 0.3 is 0 Å². The van der Waals surface area contributed by atoms with E-state index in [2.05, 4.69) is 15.3 Å². The van der Waals surface area contributed by atoms with Gasteiger partial charge in [-0.1, -0.05) is 29.8 Å². The van der Waals surface area contributed by atoms with Crippen molar-refractivity contribution in [2.45, 2.75) is 0 Å². The number of hydrogen-bond donors (Lipinski definition) is 1. The zero-order valence-electron chi connectivity index (χ0n) is 21.9. The van der Waals surface area contributed by atoms with E-state index in [9.17, 15) is 13.6 Å². The maximum Gasteiger partial charge on any atom is 0.253 e. The minimum Gasteiger partial charge on any atom is -0.755 e. The van der Waals surface area contributed by atoms with E-state index in [1.807, 2.05) is 25.1 Å². The van der Waals surface area contributed by atoms with Gasteiger partial charge in [0.1, 0.15) is 5.75 Å². The zero-order valence-corrected chi connectivity index (χ0v) is 23.5. The van der Waals surface area contributed by atoms with Gasteiger partial charge in [0.05, 0.1) is 45.8 Å². The van der Waals surface area contributed by atoms with Crippen molar-refractivity contribution >= 4 is 62.8 Å². The van der Waals surface area contributed by atoms with Crippen molar-refractivity contribution in [1.82, 2.24) is 19.8 Å².